The summed E-state index contributed by atoms with van der Waals surface area (Å²) < 4.78 is 29.9. The van der Waals surface area contributed by atoms with Crippen molar-refractivity contribution in [2.75, 3.05) is 18.8 Å². The first-order chi connectivity index (χ1) is 11.6. The van der Waals surface area contributed by atoms with Crippen LogP contribution in [0.15, 0.2) is 53.4 Å². The molecule has 0 saturated carbocycles. The average Bonchev–Trinajstić information content (AvgIpc) is 3.14. The lowest BCUT2D eigenvalue weighted by Crippen LogP contribution is -2.16. The molecule has 2 aromatic carbocycles. The van der Waals surface area contributed by atoms with Crippen LogP contribution in [0.4, 0.5) is 0 Å². The summed E-state index contributed by atoms with van der Waals surface area (Å²) in [6, 6.07) is 15.2. The number of sulfone groups is 1. The Morgan fingerprint density at radius 2 is 1.88 bits per heavy atom. The zero-order chi connectivity index (χ0) is 17.0. The van der Waals surface area contributed by atoms with E-state index in [0.29, 0.717) is 11.5 Å². The van der Waals surface area contributed by atoms with E-state index in [4.69, 9.17) is 4.74 Å². The maximum atomic E-state index is 11.9. The van der Waals surface area contributed by atoms with Crippen molar-refractivity contribution in [1.82, 2.24) is 5.32 Å². The van der Waals surface area contributed by atoms with E-state index in [2.05, 4.69) is 17.4 Å². The zero-order valence-corrected chi connectivity index (χ0v) is 14.7. The summed E-state index contributed by atoms with van der Waals surface area (Å²) >= 11 is 0. The highest BCUT2D eigenvalue weighted by Crippen LogP contribution is 2.26. The van der Waals surface area contributed by atoms with Gasteiger partial charge >= 0.3 is 0 Å². The fourth-order valence-electron chi connectivity index (χ4n) is 2.91. The van der Waals surface area contributed by atoms with E-state index in [1.165, 1.54) is 0 Å². The number of nitrogens with one attached hydrogen (secondary N) is 1. The predicted octanol–water partition coefficient (Wildman–Crippen LogP) is 3.03. The summed E-state index contributed by atoms with van der Waals surface area (Å²) in [5, 5.41) is 3.30. The fourth-order valence-corrected chi connectivity index (χ4v) is 3.80. The molecule has 2 aromatic rings. The van der Waals surface area contributed by atoms with Crippen molar-refractivity contribution in [3.05, 3.63) is 54.1 Å². The third-order valence-electron chi connectivity index (χ3n) is 4.41. The Morgan fingerprint density at radius 3 is 2.54 bits per heavy atom. The molecule has 1 N–H and O–H groups in total. The third-order valence-corrected chi connectivity index (χ3v) is 6.16. The standard InChI is InChI=1S/C19H23NO3S/c1-2-24(21,22)18-9-7-15(8-10-18)19-6-4-3-5-16(19)14-23-17-11-12-20-13-17/h3-10,17,20H,2,11-14H2,1H3/t17-/m0/s1. The Labute approximate surface area is 143 Å². The van der Waals surface area contributed by atoms with Gasteiger partial charge in [0.15, 0.2) is 9.84 Å². The van der Waals surface area contributed by atoms with Crippen LogP contribution in [0, 0.1) is 0 Å². The molecule has 1 heterocycles. The molecule has 0 bridgehead atoms. The van der Waals surface area contributed by atoms with Gasteiger partial charge in [-0.3, -0.25) is 0 Å². The largest absolute Gasteiger partial charge is 0.372 e. The van der Waals surface area contributed by atoms with Gasteiger partial charge in [-0.25, -0.2) is 8.42 Å². The Kier molecular flexibility index (Phi) is 5.33. The highest BCUT2D eigenvalue weighted by atomic mass is 32.2. The van der Waals surface area contributed by atoms with Gasteiger partial charge in [0, 0.05) is 6.54 Å². The van der Waals surface area contributed by atoms with Crippen LogP contribution in [-0.2, 0) is 21.2 Å². The first-order valence-electron chi connectivity index (χ1n) is 8.33. The van der Waals surface area contributed by atoms with Gasteiger partial charge in [0.25, 0.3) is 0 Å². The molecule has 4 nitrogen and oxygen atoms in total. The molecule has 5 heteroatoms. The maximum absolute atomic E-state index is 11.9. The summed E-state index contributed by atoms with van der Waals surface area (Å²) in [6.45, 7) is 4.15. The van der Waals surface area contributed by atoms with E-state index < -0.39 is 9.84 Å². The van der Waals surface area contributed by atoms with Crippen molar-refractivity contribution in [3.8, 4) is 11.1 Å². The van der Waals surface area contributed by atoms with Crippen LogP contribution in [-0.4, -0.2) is 33.4 Å². The van der Waals surface area contributed by atoms with Crippen LogP contribution < -0.4 is 5.32 Å². The molecule has 0 aliphatic carbocycles. The van der Waals surface area contributed by atoms with Gasteiger partial charge in [0.05, 0.1) is 23.4 Å². The number of benzene rings is 2. The molecular weight excluding hydrogens is 322 g/mol. The van der Waals surface area contributed by atoms with Gasteiger partial charge in [0.1, 0.15) is 0 Å². The minimum Gasteiger partial charge on any atom is -0.372 e. The Bertz CT molecular complexity index is 779. The second-order valence-electron chi connectivity index (χ2n) is 6.01. The van der Waals surface area contributed by atoms with Crippen LogP contribution in [0.1, 0.15) is 18.9 Å². The number of rotatable bonds is 6. The van der Waals surface area contributed by atoms with Crippen molar-refractivity contribution >= 4 is 9.84 Å². The molecule has 1 aliphatic heterocycles. The SMILES string of the molecule is CCS(=O)(=O)c1ccc(-c2ccccc2CO[C@H]2CCNC2)cc1. The van der Waals surface area contributed by atoms with Crippen LogP contribution in [0.2, 0.25) is 0 Å². The molecule has 1 atom stereocenters. The van der Waals surface area contributed by atoms with Crippen molar-refractivity contribution in [1.29, 1.82) is 0 Å². The van der Waals surface area contributed by atoms with Crippen molar-refractivity contribution < 1.29 is 13.2 Å². The van der Waals surface area contributed by atoms with Crippen LogP contribution in [0.3, 0.4) is 0 Å². The lowest BCUT2D eigenvalue weighted by molar-refractivity contribution is 0.0545. The Balaban J connectivity index is 1.81. The summed E-state index contributed by atoms with van der Waals surface area (Å²) in [6.07, 6.45) is 1.32. The van der Waals surface area contributed by atoms with Gasteiger partial charge in [0.2, 0.25) is 0 Å². The second-order valence-corrected chi connectivity index (χ2v) is 8.29. The summed E-state index contributed by atoms with van der Waals surface area (Å²) in [5.41, 5.74) is 3.22. The molecule has 128 valence electrons. The topological polar surface area (TPSA) is 55.4 Å². The van der Waals surface area contributed by atoms with Gasteiger partial charge in [-0.05, 0) is 41.8 Å². The van der Waals surface area contributed by atoms with E-state index in [-0.39, 0.29) is 11.9 Å². The van der Waals surface area contributed by atoms with Crippen LogP contribution >= 0.6 is 0 Å². The first-order valence-corrected chi connectivity index (χ1v) is 9.99. The smallest absolute Gasteiger partial charge is 0.178 e. The molecule has 0 spiro atoms. The number of hydrogen-bond donors (Lipinski definition) is 1. The van der Waals surface area contributed by atoms with E-state index in [1.54, 1.807) is 19.1 Å². The minimum atomic E-state index is -3.16. The normalized spacial score (nSPS) is 18.0. The third kappa shape index (κ3) is 3.86. The molecule has 1 fully saturated rings. The lowest BCUT2D eigenvalue weighted by Gasteiger charge is -2.14. The average molecular weight is 345 g/mol. The van der Waals surface area contributed by atoms with Crippen molar-refractivity contribution in [2.24, 2.45) is 0 Å². The van der Waals surface area contributed by atoms with E-state index >= 15 is 0 Å². The van der Waals surface area contributed by atoms with Crippen LogP contribution in [0.25, 0.3) is 11.1 Å². The van der Waals surface area contributed by atoms with E-state index in [9.17, 15) is 8.42 Å². The van der Waals surface area contributed by atoms with E-state index in [1.807, 2.05) is 24.3 Å². The summed E-state index contributed by atoms with van der Waals surface area (Å²) in [4.78, 5) is 0.375. The fraction of sp³-hybridized carbons (Fsp3) is 0.368. The molecule has 0 amide bonds. The molecule has 0 aromatic heterocycles. The van der Waals surface area contributed by atoms with Gasteiger partial charge < -0.3 is 10.1 Å². The van der Waals surface area contributed by atoms with Gasteiger partial charge in [-0.15, -0.1) is 0 Å². The monoisotopic (exact) mass is 345 g/mol. The maximum Gasteiger partial charge on any atom is 0.178 e. The predicted molar refractivity (Wildman–Crippen MR) is 95.7 cm³/mol. The molecular formula is C19H23NO3S. The van der Waals surface area contributed by atoms with Gasteiger partial charge in [-0.2, -0.15) is 0 Å². The van der Waals surface area contributed by atoms with Gasteiger partial charge in [-0.1, -0.05) is 43.3 Å². The number of ether oxygens (including phenoxy) is 1. The second kappa shape index (κ2) is 7.47. The van der Waals surface area contributed by atoms with Crippen molar-refractivity contribution in [2.45, 2.75) is 31.0 Å². The Morgan fingerprint density at radius 1 is 1.12 bits per heavy atom. The lowest BCUT2D eigenvalue weighted by atomic mass is 10.0. The molecule has 3 rings (SSSR count). The van der Waals surface area contributed by atoms with E-state index in [0.717, 1.165) is 36.2 Å². The molecule has 1 saturated heterocycles. The summed E-state index contributed by atoms with van der Waals surface area (Å²) in [5.74, 6) is 0.117. The highest BCUT2D eigenvalue weighted by Gasteiger charge is 2.16. The molecule has 1 aliphatic rings. The highest BCUT2D eigenvalue weighted by molar-refractivity contribution is 7.91. The summed E-state index contributed by atoms with van der Waals surface area (Å²) in [7, 11) is -3.16. The molecule has 0 radical (unpaired) electrons. The van der Waals surface area contributed by atoms with Crippen LogP contribution in [0.5, 0.6) is 0 Å². The first kappa shape index (κ1) is 17.1. The molecule has 24 heavy (non-hydrogen) atoms. The Hall–Kier alpha value is -1.69. The zero-order valence-electron chi connectivity index (χ0n) is 13.9. The minimum absolute atomic E-state index is 0.117. The molecule has 0 unspecified atom stereocenters. The van der Waals surface area contributed by atoms with Crippen molar-refractivity contribution in [3.63, 3.8) is 0 Å². The quantitative estimate of drug-likeness (QED) is 0.874. The number of hydrogen-bond acceptors (Lipinski definition) is 4.